The van der Waals surface area contributed by atoms with Crippen molar-refractivity contribution in [2.45, 2.75) is 59.6 Å². The summed E-state index contributed by atoms with van der Waals surface area (Å²) < 4.78 is 57.8. The number of nitrogens with zero attached hydrogens (tertiary/aromatic N) is 3. The molecular weight excluding hydrogens is 771 g/mol. The van der Waals surface area contributed by atoms with E-state index in [1.807, 2.05) is 52.0 Å². The van der Waals surface area contributed by atoms with Gasteiger partial charge in [0.25, 0.3) is 0 Å². The van der Waals surface area contributed by atoms with Crippen LogP contribution in [0.1, 0.15) is 58.9 Å². The van der Waals surface area contributed by atoms with E-state index in [4.69, 9.17) is 0 Å². The second-order valence-corrected chi connectivity index (χ2v) is 11.2. The summed E-state index contributed by atoms with van der Waals surface area (Å²) in [6.45, 7) is 8.07. The number of halogens is 4. The van der Waals surface area contributed by atoms with E-state index in [9.17, 15) is 23.1 Å². The molecule has 44 heavy (non-hydrogen) atoms. The van der Waals surface area contributed by atoms with Gasteiger partial charge in [0.15, 0.2) is 5.78 Å². The number of carbonyl (C=O) groups excluding carboxylic acids is 1. The van der Waals surface area contributed by atoms with Crippen LogP contribution in [0.4, 0.5) is 17.6 Å². The monoisotopic (exact) mass is 803 g/mol. The summed E-state index contributed by atoms with van der Waals surface area (Å²) in [6, 6.07) is 15.9. The zero-order valence-corrected chi connectivity index (χ0v) is 27.8. The Morgan fingerprint density at radius 3 is 2.11 bits per heavy atom. The zero-order chi connectivity index (χ0) is 31.3. The van der Waals surface area contributed by atoms with Crippen LogP contribution in [-0.4, -0.2) is 26.3 Å². The van der Waals surface area contributed by atoms with E-state index in [0.717, 1.165) is 35.8 Å². The molecule has 1 radical (unpaired) electrons. The predicted octanol–water partition coefficient (Wildman–Crippen LogP) is 9.89. The van der Waals surface area contributed by atoms with Crippen molar-refractivity contribution >= 4 is 48.9 Å². The molecule has 5 nitrogen and oxygen atoms in total. The minimum atomic E-state index is -4.73. The van der Waals surface area contributed by atoms with Gasteiger partial charge in [-0.05, 0) is 40.6 Å². The molecule has 0 aliphatic rings. The van der Waals surface area contributed by atoms with Gasteiger partial charge in [-0.1, -0.05) is 69.3 Å². The van der Waals surface area contributed by atoms with Crippen LogP contribution < -0.4 is 0 Å². The first-order chi connectivity index (χ1) is 20.5. The number of rotatable bonds is 8. The van der Waals surface area contributed by atoms with Crippen molar-refractivity contribution < 1.29 is 47.6 Å². The quantitative estimate of drug-likeness (QED) is 0.0556. The van der Waals surface area contributed by atoms with E-state index in [0.29, 0.717) is 4.88 Å². The van der Waals surface area contributed by atoms with Crippen LogP contribution >= 0.6 is 11.3 Å². The average Bonchev–Trinajstić information content (AvgIpc) is 3.42. The largest absolute Gasteiger partial charge is 0.512 e. The minimum Gasteiger partial charge on any atom is -0.512 e. The summed E-state index contributed by atoms with van der Waals surface area (Å²) in [7, 11) is 0. The molecule has 0 unspecified atom stereocenters. The zero-order valence-electron chi connectivity index (χ0n) is 24.6. The first kappa shape index (κ1) is 35.2. The van der Waals surface area contributed by atoms with Crippen molar-refractivity contribution in [3.05, 3.63) is 77.8 Å². The Kier molecular flexibility index (Phi) is 12.1. The van der Waals surface area contributed by atoms with Crippen LogP contribution in [0, 0.1) is 23.7 Å². The molecule has 0 atom stereocenters. The first-order valence-corrected chi connectivity index (χ1v) is 15.0. The molecule has 2 aromatic heterocycles. The number of hydrogen-bond donors (Lipinski definition) is 1. The van der Waals surface area contributed by atoms with Crippen LogP contribution in [0.25, 0.3) is 42.3 Å². The molecule has 5 aromatic rings. The molecule has 235 valence electrons. The van der Waals surface area contributed by atoms with Gasteiger partial charge in [0.1, 0.15) is 11.3 Å². The third-order valence-electron chi connectivity index (χ3n) is 7.58. The first-order valence-electron chi connectivity index (χ1n) is 14.2. The number of aliphatic hydroxyl groups is 1. The average molecular weight is 803 g/mol. The number of aromatic nitrogens is 3. The Bertz CT molecular complexity index is 1750. The number of carbonyl (C=O) groups is 1. The summed E-state index contributed by atoms with van der Waals surface area (Å²) in [4.78, 5) is 12.1. The summed E-state index contributed by atoms with van der Waals surface area (Å²) in [5.74, 6) is -0.256. The van der Waals surface area contributed by atoms with Gasteiger partial charge in [-0.3, -0.25) is 4.79 Å². The van der Waals surface area contributed by atoms with Gasteiger partial charge >= 0.3 is 6.18 Å². The van der Waals surface area contributed by atoms with Gasteiger partial charge < -0.3 is 5.11 Å². The molecule has 0 amide bonds. The number of allylic oxidation sites excluding steroid dienone is 2. The molecule has 11 heteroatoms. The molecule has 0 aliphatic heterocycles. The molecule has 0 aliphatic carbocycles. The van der Waals surface area contributed by atoms with Gasteiger partial charge in [-0.15, -0.1) is 28.7 Å². The maximum absolute atomic E-state index is 15.4. The number of fused-ring (bicyclic) bond motifs is 3. The fraction of sp³-hybridized carbons (Fsp3) is 0.333. The van der Waals surface area contributed by atoms with E-state index in [1.54, 1.807) is 0 Å². The van der Waals surface area contributed by atoms with Gasteiger partial charge in [0.2, 0.25) is 0 Å². The molecule has 0 bridgehead atoms. The third kappa shape index (κ3) is 7.33. The molecule has 0 spiro atoms. The van der Waals surface area contributed by atoms with Gasteiger partial charge in [-0.25, -0.2) is 15.7 Å². The van der Waals surface area contributed by atoms with Crippen LogP contribution in [0.3, 0.4) is 0 Å². The second-order valence-electron chi connectivity index (χ2n) is 10.1. The molecule has 1 N–H and O–H groups in total. The predicted molar refractivity (Wildman–Crippen MR) is 163 cm³/mol. The molecule has 0 saturated heterocycles. The van der Waals surface area contributed by atoms with Crippen molar-refractivity contribution in [1.82, 2.24) is 15.4 Å². The number of aliphatic hydroxyl groups excluding tert-OH is 1. The van der Waals surface area contributed by atoms with Crippen molar-refractivity contribution in [1.29, 1.82) is 0 Å². The maximum atomic E-state index is 15.4. The van der Waals surface area contributed by atoms with Crippen LogP contribution in [0.15, 0.2) is 60.4 Å². The number of ketones is 1. The Hall–Kier alpha value is -3.27. The Balaban J connectivity index is 0.000000286. The molecule has 2 heterocycles. The maximum Gasteiger partial charge on any atom is 0.419 e. The van der Waals surface area contributed by atoms with E-state index >= 15 is 4.39 Å². The number of thiophene rings is 1. The van der Waals surface area contributed by atoms with Crippen molar-refractivity contribution in [2.75, 3.05) is 0 Å². The Morgan fingerprint density at radius 1 is 0.932 bits per heavy atom. The number of alkyl halides is 3. The smallest absolute Gasteiger partial charge is 0.419 e. The fourth-order valence-electron chi connectivity index (χ4n) is 5.11. The standard InChI is InChI=1S/C20H8F4N3S.C13H24O2.Ir/c21-17-12-7-3-2-6-11(12)16(20(22,23)24)19-15(17)18(25-27-26-19)14-9-10-5-1-4-8-13(10)28-14;1-5-10(6-2)12(14)9-13(15)11(7-3)8-4;/h1-8H;9-11,14H,5-8H2,1-4H3;/q-1;;/b;12-9-;. The number of benzene rings is 3. The fourth-order valence-corrected chi connectivity index (χ4v) is 6.11. The van der Waals surface area contributed by atoms with Gasteiger partial charge in [0, 0.05) is 54.5 Å². The van der Waals surface area contributed by atoms with E-state index < -0.39 is 23.1 Å². The Labute approximate surface area is 270 Å². The molecule has 5 rings (SSSR count). The van der Waals surface area contributed by atoms with Gasteiger partial charge in [0.05, 0.1) is 11.3 Å². The van der Waals surface area contributed by atoms with E-state index in [-0.39, 0.29) is 65.3 Å². The number of hydrogen-bond acceptors (Lipinski definition) is 6. The van der Waals surface area contributed by atoms with Crippen molar-refractivity contribution in [2.24, 2.45) is 11.8 Å². The third-order valence-corrected chi connectivity index (χ3v) is 8.66. The molecule has 0 saturated carbocycles. The minimum absolute atomic E-state index is 0. The Morgan fingerprint density at radius 2 is 1.52 bits per heavy atom. The van der Waals surface area contributed by atoms with Crippen LogP contribution in [0.5, 0.6) is 0 Å². The summed E-state index contributed by atoms with van der Waals surface area (Å²) >= 11 is 1.26. The van der Waals surface area contributed by atoms with Crippen molar-refractivity contribution in [3.63, 3.8) is 0 Å². The summed E-state index contributed by atoms with van der Waals surface area (Å²) in [5.41, 5.74) is -1.57. The molecule has 3 aromatic carbocycles. The van der Waals surface area contributed by atoms with Crippen LogP contribution in [0.2, 0.25) is 0 Å². The second kappa shape index (κ2) is 15.1. The molecular formula is C33H32F4IrN3O2S-. The SMILES string of the molecule is CCC(CC)C(=O)/C=C(\O)C(CC)CC.Fc1c2ccccc2c(C(F)(F)F)c2nnnc(-c3[c-]c4ccccc4s3)c12.[Ir]. The summed E-state index contributed by atoms with van der Waals surface area (Å²) in [6.07, 6.45) is 0.173. The van der Waals surface area contributed by atoms with E-state index in [2.05, 4.69) is 21.5 Å². The van der Waals surface area contributed by atoms with Crippen molar-refractivity contribution in [3.8, 4) is 10.6 Å². The van der Waals surface area contributed by atoms with E-state index in [1.165, 1.54) is 41.7 Å². The normalized spacial score (nSPS) is 12.1. The molecule has 0 fully saturated rings. The van der Waals surface area contributed by atoms with Gasteiger partial charge in [-0.2, -0.15) is 18.3 Å². The topological polar surface area (TPSA) is 76.0 Å². The summed E-state index contributed by atoms with van der Waals surface area (Å²) in [5, 5.41) is 20.8. The van der Waals surface area contributed by atoms with Crippen LogP contribution in [-0.2, 0) is 31.1 Å².